The van der Waals surface area contributed by atoms with E-state index in [0.29, 0.717) is 37.3 Å². The minimum Gasteiger partial charge on any atom is -0.491 e. The van der Waals surface area contributed by atoms with E-state index in [2.05, 4.69) is 10.9 Å². The smallest absolute Gasteiger partial charge is 0.357 e. The van der Waals surface area contributed by atoms with Gasteiger partial charge in [-0.25, -0.2) is 18.2 Å². The van der Waals surface area contributed by atoms with Crippen LogP contribution in [0.4, 0.5) is 0 Å². The van der Waals surface area contributed by atoms with E-state index in [9.17, 15) is 18.0 Å². The van der Waals surface area contributed by atoms with Gasteiger partial charge in [-0.3, -0.25) is 0 Å². The Labute approximate surface area is 216 Å². The number of carbonyl (C=O) groups excluding carboxylic acids is 2. The lowest BCUT2D eigenvalue weighted by molar-refractivity contribution is -0.108. The zero-order valence-corrected chi connectivity index (χ0v) is 21.6. The molecule has 0 saturated carbocycles. The first-order valence-electron chi connectivity index (χ1n) is 12.1. The first kappa shape index (κ1) is 26.4. The van der Waals surface area contributed by atoms with E-state index < -0.39 is 16.0 Å². The standard InChI is InChI=1S/C27H29N3O6S/c1-4-17-35-27(32)25-10-9-23-24(18-29(15-16-31)26(23)28-25)20-11-13-30(14-12-20)37(33,34)22-7-5-21(6-8-22)36-19(2)3/h1,5-10,16,18-20H,11-15,17H2,2-3H3. The number of hydrogen-bond acceptors (Lipinski definition) is 7. The second kappa shape index (κ2) is 11.2. The van der Waals surface area contributed by atoms with Gasteiger partial charge in [-0.05, 0) is 74.6 Å². The van der Waals surface area contributed by atoms with Gasteiger partial charge in [-0.1, -0.05) is 5.92 Å². The summed E-state index contributed by atoms with van der Waals surface area (Å²) >= 11 is 0. The van der Waals surface area contributed by atoms with Crippen molar-refractivity contribution in [2.24, 2.45) is 0 Å². The van der Waals surface area contributed by atoms with Crippen LogP contribution >= 0.6 is 0 Å². The zero-order chi connectivity index (χ0) is 26.6. The summed E-state index contributed by atoms with van der Waals surface area (Å²) in [5.41, 5.74) is 1.57. The molecule has 1 aliphatic rings. The minimum atomic E-state index is -3.63. The van der Waals surface area contributed by atoms with Gasteiger partial charge in [0.2, 0.25) is 10.0 Å². The molecule has 0 N–H and O–H groups in total. The number of aromatic nitrogens is 2. The number of carbonyl (C=O) groups is 2. The molecule has 0 atom stereocenters. The lowest BCUT2D eigenvalue weighted by Gasteiger charge is -2.31. The highest BCUT2D eigenvalue weighted by atomic mass is 32.2. The first-order chi connectivity index (χ1) is 17.7. The molecule has 0 aliphatic carbocycles. The molecule has 1 saturated heterocycles. The number of piperidine rings is 1. The number of terminal acetylenes is 1. The molecule has 3 heterocycles. The van der Waals surface area contributed by atoms with E-state index >= 15 is 0 Å². The van der Waals surface area contributed by atoms with Gasteiger partial charge in [0, 0.05) is 24.7 Å². The van der Waals surface area contributed by atoms with Gasteiger partial charge in [-0.15, -0.1) is 6.42 Å². The van der Waals surface area contributed by atoms with Crippen molar-refractivity contribution in [2.75, 3.05) is 19.7 Å². The van der Waals surface area contributed by atoms with Crippen LogP contribution in [-0.2, 0) is 26.1 Å². The summed E-state index contributed by atoms with van der Waals surface area (Å²) in [6, 6.07) is 9.85. The fraction of sp³-hybridized carbons (Fsp3) is 0.370. The van der Waals surface area contributed by atoms with E-state index in [1.165, 1.54) is 4.31 Å². The molecule has 1 aromatic carbocycles. The molecule has 2 aromatic heterocycles. The topological polar surface area (TPSA) is 108 Å². The number of aldehydes is 1. The van der Waals surface area contributed by atoms with E-state index in [1.807, 2.05) is 20.0 Å². The Morgan fingerprint density at radius 3 is 2.51 bits per heavy atom. The van der Waals surface area contributed by atoms with Gasteiger partial charge in [0.15, 0.2) is 12.3 Å². The molecule has 1 aliphatic heterocycles. The van der Waals surface area contributed by atoms with Crippen LogP contribution in [-0.4, -0.2) is 60.3 Å². The molecule has 0 radical (unpaired) electrons. The normalized spacial score (nSPS) is 15.0. The van der Waals surface area contributed by atoms with Crippen molar-refractivity contribution < 1.29 is 27.5 Å². The van der Waals surface area contributed by atoms with Crippen molar-refractivity contribution in [3.8, 4) is 18.1 Å². The first-order valence-corrected chi connectivity index (χ1v) is 13.5. The number of sulfonamides is 1. The third kappa shape index (κ3) is 5.68. The van der Waals surface area contributed by atoms with Crippen molar-refractivity contribution in [2.45, 2.75) is 50.2 Å². The molecule has 4 rings (SSSR count). The largest absolute Gasteiger partial charge is 0.491 e. The highest BCUT2D eigenvalue weighted by Gasteiger charge is 2.31. The molecule has 0 amide bonds. The molecule has 0 bridgehead atoms. The maximum absolute atomic E-state index is 13.2. The summed E-state index contributed by atoms with van der Waals surface area (Å²) < 4.78 is 40.2. The number of ether oxygens (including phenoxy) is 2. The van der Waals surface area contributed by atoms with E-state index in [0.717, 1.165) is 17.2 Å². The van der Waals surface area contributed by atoms with Crippen LogP contribution in [0.15, 0.2) is 47.5 Å². The quantitative estimate of drug-likeness (QED) is 0.240. The lowest BCUT2D eigenvalue weighted by Crippen LogP contribution is -2.37. The van der Waals surface area contributed by atoms with Gasteiger partial charge in [0.25, 0.3) is 0 Å². The second-order valence-corrected chi connectivity index (χ2v) is 11.0. The molecule has 10 heteroatoms. The van der Waals surface area contributed by atoms with Gasteiger partial charge in [0.05, 0.1) is 17.5 Å². The fourth-order valence-electron chi connectivity index (χ4n) is 4.55. The third-order valence-corrected chi connectivity index (χ3v) is 8.16. The molecule has 3 aromatic rings. The van der Waals surface area contributed by atoms with E-state index in [1.54, 1.807) is 41.0 Å². The molecule has 37 heavy (non-hydrogen) atoms. The number of fused-ring (bicyclic) bond motifs is 1. The second-order valence-electron chi connectivity index (χ2n) is 9.07. The number of benzene rings is 1. The van der Waals surface area contributed by atoms with Gasteiger partial charge in [-0.2, -0.15) is 4.31 Å². The average Bonchev–Trinajstić information content (AvgIpc) is 3.25. The molecule has 9 nitrogen and oxygen atoms in total. The Bertz CT molecular complexity index is 1430. The lowest BCUT2D eigenvalue weighted by atomic mass is 9.90. The van der Waals surface area contributed by atoms with Crippen LogP contribution in [0.3, 0.4) is 0 Å². The molecular formula is C27H29N3O6S. The Kier molecular flexibility index (Phi) is 7.95. The average molecular weight is 524 g/mol. The maximum Gasteiger partial charge on any atom is 0.357 e. The molecule has 0 spiro atoms. The predicted octanol–water partition coefficient (Wildman–Crippen LogP) is 3.38. The van der Waals surface area contributed by atoms with Crippen molar-refractivity contribution in [1.82, 2.24) is 13.9 Å². The van der Waals surface area contributed by atoms with Crippen molar-refractivity contribution in [3.05, 3.63) is 53.9 Å². The maximum atomic E-state index is 13.2. The van der Waals surface area contributed by atoms with Gasteiger partial charge >= 0.3 is 5.97 Å². The number of nitrogens with zero attached hydrogens (tertiary/aromatic N) is 3. The Hall–Kier alpha value is -3.68. The molecule has 194 valence electrons. The van der Waals surface area contributed by atoms with Crippen LogP contribution in [0, 0.1) is 12.3 Å². The summed E-state index contributed by atoms with van der Waals surface area (Å²) in [6.45, 7) is 4.47. The monoisotopic (exact) mass is 523 g/mol. The van der Waals surface area contributed by atoms with Crippen LogP contribution in [0.1, 0.15) is 48.7 Å². The van der Waals surface area contributed by atoms with E-state index in [-0.39, 0.29) is 35.8 Å². The summed E-state index contributed by atoms with van der Waals surface area (Å²) in [6.07, 6.45) is 9.01. The summed E-state index contributed by atoms with van der Waals surface area (Å²) in [5, 5.41) is 0.817. The number of pyridine rings is 1. The zero-order valence-electron chi connectivity index (χ0n) is 20.8. The summed E-state index contributed by atoms with van der Waals surface area (Å²) in [4.78, 5) is 28.2. The minimum absolute atomic E-state index is 0.00281. The predicted molar refractivity (Wildman–Crippen MR) is 138 cm³/mol. The highest BCUT2D eigenvalue weighted by Crippen LogP contribution is 2.35. The number of esters is 1. The molecule has 1 fully saturated rings. The Balaban J connectivity index is 1.52. The van der Waals surface area contributed by atoms with Gasteiger partial charge < -0.3 is 18.8 Å². The van der Waals surface area contributed by atoms with Crippen molar-refractivity contribution in [3.63, 3.8) is 0 Å². The fourth-order valence-corrected chi connectivity index (χ4v) is 6.02. The number of rotatable bonds is 9. The van der Waals surface area contributed by atoms with Crippen LogP contribution in [0.25, 0.3) is 11.0 Å². The summed E-state index contributed by atoms with van der Waals surface area (Å²) in [7, 11) is -3.63. The Morgan fingerprint density at radius 1 is 1.19 bits per heavy atom. The highest BCUT2D eigenvalue weighted by molar-refractivity contribution is 7.89. The third-order valence-electron chi connectivity index (χ3n) is 6.25. The summed E-state index contributed by atoms with van der Waals surface area (Å²) in [5.74, 6) is 2.31. The number of hydrogen-bond donors (Lipinski definition) is 0. The van der Waals surface area contributed by atoms with Crippen LogP contribution in [0.2, 0.25) is 0 Å². The Morgan fingerprint density at radius 2 is 1.89 bits per heavy atom. The van der Waals surface area contributed by atoms with Crippen molar-refractivity contribution >= 4 is 33.3 Å². The van der Waals surface area contributed by atoms with Gasteiger partial charge in [0.1, 0.15) is 17.7 Å². The molecular weight excluding hydrogens is 494 g/mol. The van der Waals surface area contributed by atoms with E-state index in [4.69, 9.17) is 15.9 Å². The molecule has 0 unspecified atom stereocenters. The SMILES string of the molecule is C#CCOC(=O)c1ccc2c(C3CCN(S(=O)(=O)c4ccc(OC(C)C)cc4)CC3)cn(CC=O)c2n1. The van der Waals surface area contributed by atoms with Crippen LogP contribution in [0.5, 0.6) is 5.75 Å². The van der Waals surface area contributed by atoms with Crippen LogP contribution < -0.4 is 4.74 Å². The van der Waals surface area contributed by atoms with Crippen molar-refractivity contribution in [1.29, 1.82) is 0 Å².